The molecule has 9 nitrogen and oxygen atoms in total. The van der Waals surface area contributed by atoms with Crippen molar-refractivity contribution in [3.05, 3.63) is 88.0 Å². The Morgan fingerprint density at radius 3 is 2.63 bits per heavy atom. The average Bonchev–Trinajstić information content (AvgIpc) is 2.82. The fraction of sp³-hybridized carbons (Fsp3) is 0.192. The lowest BCUT2D eigenvalue weighted by Gasteiger charge is -2.11. The lowest BCUT2D eigenvalue weighted by atomic mass is 9.99. The van der Waals surface area contributed by atoms with Crippen LogP contribution in [-0.2, 0) is 20.7 Å². The van der Waals surface area contributed by atoms with Crippen LogP contribution in [0.3, 0.4) is 0 Å². The van der Waals surface area contributed by atoms with Crippen LogP contribution in [0.1, 0.15) is 30.0 Å². The van der Waals surface area contributed by atoms with E-state index in [0.717, 1.165) is 16.5 Å². The van der Waals surface area contributed by atoms with Gasteiger partial charge >= 0.3 is 17.6 Å². The minimum atomic E-state index is -0.588. The van der Waals surface area contributed by atoms with Crippen molar-refractivity contribution < 1.29 is 23.5 Å². The van der Waals surface area contributed by atoms with Gasteiger partial charge in [-0.15, -0.1) is 0 Å². The minimum Gasteiger partial charge on any atom is -0.466 e. The van der Waals surface area contributed by atoms with Gasteiger partial charge in [0, 0.05) is 41.5 Å². The van der Waals surface area contributed by atoms with Crippen molar-refractivity contribution in [3.63, 3.8) is 0 Å². The summed E-state index contributed by atoms with van der Waals surface area (Å²) in [7, 11) is 0. The lowest BCUT2D eigenvalue weighted by molar-refractivity contribution is -0.145. The van der Waals surface area contributed by atoms with Crippen molar-refractivity contribution in [2.75, 3.05) is 11.9 Å². The number of ether oxygens (including phenoxy) is 2. The highest BCUT2D eigenvalue weighted by molar-refractivity contribution is 6.01. The number of amides is 1. The molecular weight excluding hydrogens is 450 g/mol. The van der Waals surface area contributed by atoms with Crippen LogP contribution in [0.5, 0.6) is 11.8 Å². The number of nitrogens with zero attached hydrogens (tertiary/aromatic N) is 2. The first-order valence-corrected chi connectivity index (χ1v) is 11.0. The summed E-state index contributed by atoms with van der Waals surface area (Å²) in [5.74, 6) is -0.610. The van der Waals surface area contributed by atoms with Crippen molar-refractivity contribution in [1.29, 1.82) is 0 Å². The maximum atomic E-state index is 12.8. The maximum absolute atomic E-state index is 12.8. The van der Waals surface area contributed by atoms with E-state index in [0.29, 0.717) is 29.0 Å². The van der Waals surface area contributed by atoms with Gasteiger partial charge in [-0.2, -0.15) is 0 Å². The molecule has 178 valence electrons. The molecule has 35 heavy (non-hydrogen) atoms. The van der Waals surface area contributed by atoms with Gasteiger partial charge in [0.1, 0.15) is 17.8 Å². The van der Waals surface area contributed by atoms with E-state index in [1.165, 1.54) is 0 Å². The van der Waals surface area contributed by atoms with Gasteiger partial charge in [0.2, 0.25) is 5.91 Å². The predicted molar refractivity (Wildman–Crippen MR) is 128 cm³/mol. The van der Waals surface area contributed by atoms with Gasteiger partial charge in [-0.05, 0) is 55.3 Å². The first-order chi connectivity index (χ1) is 16.9. The quantitative estimate of drug-likeness (QED) is 0.230. The van der Waals surface area contributed by atoms with Crippen molar-refractivity contribution in [2.45, 2.75) is 26.7 Å². The van der Waals surface area contributed by atoms with Gasteiger partial charge in [-0.25, -0.2) is 14.8 Å². The van der Waals surface area contributed by atoms with Gasteiger partial charge < -0.3 is 19.2 Å². The number of hydrogen-bond acceptors (Lipinski definition) is 8. The normalized spacial score (nSPS) is 10.7. The number of aromatic nitrogens is 2. The Hall–Kier alpha value is -4.53. The number of benzene rings is 2. The molecule has 1 N–H and O–H groups in total. The van der Waals surface area contributed by atoms with E-state index < -0.39 is 17.5 Å². The zero-order valence-corrected chi connectivity index (χ0v) is 19.2. The zero-order chi connectivity index (χ0) is 24.8. The number of nitrogens with one attached hydrogen (secondary N) is 1. The summed E-state index contributed by atoms with van der Waals surface area (Å²) in [6.07, 6.45) is 3.08. The highest BCUT2D eigenvalue weighted by Crippen LogP contribution is 2.27. The van der Waals surface area contributed by atoms with E-state index in [9.17, 15) is 14.4 Å². The molecule has 0 aliphatic carbocycles. The summed E-state index contributed by atoms with van der Waals surface area (Å²) in [4.78, 5) is 44.4. The SMILES string of the molecule is CCOC(=O)CC(=O)Nc1cccc(Cc2c(C)c3ccc(Oc4ncccn4)cc3oc2=O)c1. The van der Waals surface area contributed by atoms with E-state index in [-0.39, 0.29) is 19.0 Å². The molecule has 0 fully saturated rings. The second-order valence-electron chi connectivity index (χ2n) is 7.69. The number of esters is 1. The minimum absolute atomic E-state index is 0.191. The van der Waals surface area contributed by atoms with E-state index in [1.807, 2.05) is 19.1 Å². The summed E-state index contributed by atoms with van der Waals surface area (Å²) >= 11 is 0. The Morgan fingerprint density at radius 2 is 1.86 bits per heavy atom. The van der Waals surface area contributed by atoms with Gasteiger partial charge in [-0.1, -0.05) is 12.1 Å². The molecule has 0 saturated carbocycles. The molecule has 4 rings (SSSR count). The number of hydrogen-bond donors (Lipinski definition) is 1. The topological polar surface area (TPSA) is 121 Å². The average molecular weight is 473 g/mol. The molecule has 0 bridgehead atoms. The van der Waals surface area contributed by atoms with Crippen LogP contribution < -0.4 is 15.7 Å². The second-order valence-corrected chi connectivity index (χ2v) is 7.69. The molecule has 4 aromatic rings. The molecule has 0 aliphatic rings. The van der Waals surface area contributed by atoms with Crippen LogP contribution in [0.15, 0.2) is 70.1 Å². The standard InChI is InChI=1S/C26H23N3O6/c1-3-33-24(31)15-23(30)29-18-7-4-6-17(12-18)13-21-16(2)20-9-8-19(14-22(20)35-25(21)32)34-26-27-10-5-11-28-26/h4-12,14H,3,13,15H2,1-2H3,(H,29,30). The van der Waals surface area contributed by atoms with E-state index >= 15 is 0 Å². The molecule has 2 heterocycles. The molecule has 0 saturated heterocycles. The number of rotatable bonds is 8. The third-order valence-corrected chi connectivity index (χ3v) is 5.21. The first-order valence-electron chi connectivity index (χ1n) is 11.0. The molecule has 0 atom stereocenters. The molecular formula is C26H23N3O6. The van der Waals surface area contributed by atoms with Crippen LogP contribution in [-0.4, -0.2) is 28.5 Å². The van der Waals surface area contributed by atoms with Gasteiger partial charge in [0.15, 0.2) is 0 Å². The maximum Gasteiger partial charge on any atom is 0.340 e. The molecule has 9 heteroatoms. The highest BCUT2D eigenvalue weighted by atomic mass is 16.5. The Bertz CT molecular complexity index is 1430. The first kappa shape index (κ1) is 23.6. The molecule has 0 unspecified atom stereocenters. The van der Waals surface area contributed by atoms with Crippen LogP contribution in [0.4, 0.5) is 5.69 Å². The Labute approximate surface area is 200 Å². The van der Waals surface area contributed by atoms with E-state index in [1.54, 1.807) is 55.7 Å². The van der Waals surface area contributed by atoms with Crippen LogP contribution >= 0.6 is 0 Å². The smallest absolute Gasteiger partial charge is 0.340 e. The molecule has 1 amide bonds. The van der Waals surface area contributed by atoms with Crippen molar-refractivity contribution >= 4 is 28.5 Å². The largest absolute Gasteiger partial charge is 0.466 e. The van der Waals surface area contributed by atoms with Crippen LogP contribution in [0.2, 0.25) is 0 Å². The van der Waals surface area contributed by atoms with Crippen molar-refractivity contribution in [1.82, 2.24) is 9.97 Å². The third kappa shape index (κ3) is 5.89. The Morgan fingerprint density at radius 1 is 1.06 bits per heavy atom. The van der Waals surface area contributed by atoms with Crippen molar-refractivity contribution in [3.8, 4) is 11.8 Å². The van der Waals surface area contributed by atoms with Gasteiger partial charge in [0.05, 0.1) is 6.61 Å². The summed E-state index contributed by atoms with van der Waals surface area (Å²) in [5.41, 5.74) is 2.55. The van der Waals surface area contributed by atoms with Crippen LogP contribution in [0, 0.1) is 6.92 Å². The zero-order valence-electron chi connectivity index (χ0n) is 19.2. The Balaban J connectivity index is 1.54. The van der Waals surface area contributed by atoms with Crippen molar-refractivity contribution in [2.24, 2.45) is 0 Å². The number of carbonyl (C=O) groups excluding carboxylic acids is 2. The lowest BCUT2D eigenvalue weighted by Crippen LogP contribution is -2.18. The van der Waals surface area contributed by atoms with E-state index in [2.05, 4.69) is 15.3 Å². The predicted octanol–water partition coefficient (Wildman–Crippen LogP) is 4.17. The van der Waals surface area contributed by atoms with Gasteiger partial charge in [0.25, 0.3) is 0 Å². The number of aryl methyl sites for hydroxylation is 1. The Kier molecular flexibility index (Phi) is 7.15. The summed E-state index contributed by atoms with van der Waals surface area (Å²) in [6.45, 7) is 3.75. The second kappa shape index (κ2) is 10.6. The summed E-state index contributed by atoms with van der Waals surface area (Å²) < 4.78 is 16.0. The molecule has 2 aromatic carbocycles. The summed E-state index contributed by atoms with van der Waals surface area (Å²) in [5, 5.41) is 3.45. The summed E-state index contributed by atoms with van der Waals surface area (Å²) in [6, 6.07) is 14.2. The molecule has 0 radical (unpaired) electrons. The number of fused-ring (bicyclic) bond motifs is 1. The third-order valence-electron chi connectivity index (χ3n) is 5.21. The number of anilines is 1. The molecule has 2 aromatic heterocycles. The fourth-order valence-electron chi connectivity index (χ4n) is 3.60. The van der Waals surface area contributed by atoms with Crippen LogP contribution in [0.25, 0.3) is 11.0 Å². The molecule has 0 aliphatic heterocycles. The van der Waals surface area contributed by atoms with Gasteiger partial charge in [-0.3, -0.25) is 9.59 Å². The van der Waals surface area contributed by atoms with E-state index in [4.69, 9.17) is 13.9 Å². The number of carbonyl (C=O) groups is 2. The fourth-order valence-corrected chi connectivity index (χ4v) is 3.60. The molecule has 0 spiro atoms. The monoisotopic (exact) mass is 473 g/mol. The highest BCUT2D eigenvalue weighted by Gasteiger charge is 2.15.